The molecule has 0 radical (unpaired) electrons. The predicted molar refractivity (Wildman–Crippen MR) is 260 cm³/mol. The molecule has 0 bridgehead atoms. The third-order valence-corrected chi connectivity index (χ3v) is 15.1. The number of thiocarbonyl (C=S) groups is 1. The zero-order valence-electron chi connectivity index (χ0n) is 41.7. The summed E-state index contributed by atoms with van der Waals surface area (Å²) in [5, 5.41) is 91.3. The number of amides is 2. The first-order valence-electron chi connectivity index (χ1n) is 22.9. The van der Waals surface area contributed by atoms with Crippen LogP contribution in [0.4, 0.5) is 0 Å². The number of esters is 3. The van der Waals surface area contributed by atoms with Gasteiger partial charge in [0, 0.05) is 51.1 Å². The van der Waals surface area contributed by atoms with Gasteiger partial charge in [0.25, 0.3) is 0 Å². The van der Waals surface area contributed by atoms with Crippen LogP contribution < -0.4 is 16.0 Å². The quantitative estimate of drug-likeness (QED) is 0.0305. The van der Waals surface area contributed by atoms with Gasteiger partial charge >= 0.3 is 35.8 Å². The van der Waals surface area contributed by atoms with Crippen molar-refractivity contribution in [2.24, 2.45) is 5.92 Å². The molecular formula is C44H64N4O23S3. The van der Waals surface area contributed by atoms with E-state index < -0.39 is 186 Å². The summed E-state index contributed by atoms with van der Waals surface area (Å²) < 4.78 is 40.8. The summed E-state index contributed by atoms with van der Waals surface area (Å²) in [6.45, 7) is 9.72. The standard InChI is InChI=1S/C44H64N4O23S3/c1-10-16(2)40(61)68-19(5)44(64)18(4)67-28(11-27(44)65-9)70-34-32(53)36(43(63)12-25(52)30(45)29(35(43)54)39(59)60)69-26(13-66-22(8)51)33(34)71-41(62)31(17(3)73-14-23(37(55)56)46-20(6)49)48-42(72)74-15-24(38(57)58)47-21(7)50/h16-19,23-24,26-28,31-34,36,45,53-54,63-64H,10-15H2,1-9H3,(H,46,49)(H,47,50)(H,48,72)(H,55,56)(H,57,58)(H,59,60)/t16-,17-,18-,19-,23-,24-,26+,27-,28-,31+,32+,33+,34-,36+,43+,44-/m0/s1. The van der Waals surface area contributed by atoms with E-state index in [4.69, 9.17) is 50.8 Å². The number of hydrogen-bond acceptors (Lipinski definition) is 24. The maximum atomic E-state index is 14.8. The molecule has 0 saturated carbocycles. The van der Waals surface area contributed by atoms with Crippen molar-refractivity contribution in [3.8, 4) is 0 Å². The molecule has 2 saturated heterocycles. The van der Waals surface area contributed by atoms with Gasteiger partial charge in [-0.15, -0.1) is 0 Å². The Kier molecular flexibility index (Phi) is 23.2. The van der Waals surface area contributed by atoms with Crippen LogP contribution in [0.5, 0.6) is 0 Å². The lowest BCUT2D eigenvalue weighted by molar-refractivity contribution is -0.345. The Balaban J connectivity index is 2.23. The number of carboxylic acid groups (broad SMARTS) is 3. The molecule has 2 amide bonds. The van der Waals surface area contributed by atoms with Gasteiger partial charge < -0.3 is 84.9 Å². The number of ketones is 1. The van der Waals surface area contributed by atoms with Crippen molar-refractivity contribution in [3.63, 3.8) is 0 Å². The molecule has 0 aromatic rings. The van der Waals surface area contributed by atoms with Gasteiger partial charge in [0.2, 0.25) is 11.8 Å². The molecule has 416 valence electrons. The van der Waals surface area contributed by atoms with Crippen molar-refractivity contribution >= 4 is 99.2 Å². The SMILES string of the molecule is CC[C@H](C)C(=O)O[C@@H](C)[C@@]1(O)[C@H](C)O[C@@H](O[C@H]2[C@@H](O)[C@H]([C@@]3(O)CC(=O)C(=N)C(C(=O)O)=C3O)O[C@H](COC(C)=O)[C@H]2OC(=O)[C@H](NC(=S)SC[C@H](NC(C)=O)C(=O)O)[C@H](C)SC[C@H](NC(C)=O)C(=O)O)C[C@@H]1OC. The van der Waals surface area contributed by atoms with E-state index in [1.807, 2.05) is 0 Å². The van der Waals surface area contributed by atoms with Crippen LogP contribution in [0, 0.1) is 11.3 Å². The van der Waals surface area contributed by atoms with Gasteiger partial charge in [0.05, 0.1) is 24.5 Å². The first-order chi connectivity index (χ1) is 34.3. The molecule has 0 aromatic heterocycles. The second kappa shape index (κ2) is 27.1. The number of aliphatic hydroxyl groups excluding tert-OH is 2. The minimum atomic E-state index is -3.19. The van der Waals surface area contributed by atoms with E-state index in [0.717, 1.165) is 32.5 Å². The van der Waals surface area contributed by atoms with Gasteiger partial charge in [0.15, 0.2) is 29.4 Å². The molecule has 2 heterocycles. The number of nitrogens with one attached hydrogen (secondary N) is 4. The molecule has 11 N–H and O–H groups in total. The summed E-state index contributed by atoms with van der Waals surface area (Å²) in [5.74, 6) is -13.4. The molecule has 27 nitrogen and oxygen atoms in total. The van der Waals surface area contributed by atoms with Gasteiger partial charge in [-0.3, -0.25) is 29.4 Å². The zero-order valence-corrected chi connectivity index (χ0v) is 44.2. The van der Waals surface area contributed by atoms with Gasteiger partial charge in [-0.05, 0) is 20.3 Å². The van der Waals surface area contributed by atoms with Gasteiger partial charge in [-0.1, -0.05) is 44.8 Å². The number of aliphatic hydroxyl groups is 4. The first-order valence-corrected chi connectivity index (χ1v) is 25.3. The molecule has 74 heavy (non-hydrogen) atoms. The molecular weight excluding hydrogens is 1050 g/mol. The van der Waals surface area contributed by atoms with E-state index in [0.29, 0.717) is 18.2 Å². The Hall–Kier alpha value is -5.05. The summed E-state index contributed by atoms with van der Waals surface area (Å²) in [7, 11) is 1.21. The lowest BCUT2D eigenvalue weighted by Gasteiger charge is -2.52. The van der Waals surface area contributed by atoms with Crippen LogP contribution in [0.1, 0.15) is 74.7 Å². The molecule has 30 heteroatoms. The van der Waals surface area contributed by atoms with Gasteiger partial charge in [0.1, 0.15) is 76.6 Å². The Morgan fingerprint density at radius 2 is 1.49 bits per heavy atom. The van der Waals surface area contributed by atoms with Crippen molar-refractivity contribution in [2.45, 2.75) is 164 Å². The number of Topliss-reactive ketones (excluding diaryl/α,β-unsaturated/α-hetero) is 1. The fourth-order valence-corrected chi connectivity index (χ4v) is 10.3. The second-order valence-corrected chi connectivity index (χ2v) is 20.8. The fourth-order valence-electron chi connectivity index (χ4n) is 8.09. The van der Waals surface area contributed by atoms with Crippen molar-refractivity contribution in [2.75, 3.05) is 25.2 Å². The van der Waals surface area contributed by atoms with E-state index in [1.54, 1.807) is 13.8 Å². The average Bonchev–Trinajstić information content (AvgIpc) is 3.30. The van der Waals surface area contributed by atoms with Crippen molar-refractivity contribution in [1.29, 1.82) is 5.41 Å². The van der Waals surface area contributed by atoms with Gasteiger partial charge in [-0.25, -0.2) is 19.2 Å². The molecule has 0 spiro atoms. The first kappa shape index (κ1) is 63.2. The summed E-state index contributed by atoms with van der Waals surface area (Å²) in [6, 6.07) is -4.65. The maximum Gasteiger partial charge on any atom is 0.341 e. The van der Waals surface area contributed by atoms with E-state index in [-0.39, 0.29) is 15.8 Å². The Morgan fingerprint density at radius 3 is 2.00 bits per heavy atom. The normalized spacial score (nSPS) is 29.5. The van der Waals surface area contributed by atoms with Crippen molar-refractivity contribution < 1.29 is 112 Å². The Bertz CT molecular complexity index is 2200. The number of carbonyl (C=O) groups excluding carboxylic acids is 6. The molecule has 2 fully saturated rings. The van der Waals surface area contributed by atoms with Crippen LogP contribution in [0.3, 0.4) is 0 Å². The molecule has 3 aliphatic rings. The largest absolute Gasteiger partial charge is 0.508 e. The van der Waals surface area contributed by atoms with Crippen molar-refractivity contribution in [3.05, 3.63) is 11.3 Å². The lowest BCUT2D eigenvalue weighted by atomic mass is 9.74. The Morgan fingerprint density at radius 1 is 0.905 bits per heavy atom. The molecule has 0 unspecified atom stereocenters. The van der Waals surface area contributed by atoms with E-state index in [2.05, 4.69) is 16.0 Å². The number of aliphatic carboxylic acids is 3. The lowest BCUT2D eigenvalue weighted by Crippen LogP contribution is -2.70. The van der Waals surface area contributed by atoms with Crippen LogP contribution in [-0.2, 0) is 76.3 Å². The zero-order chi connectivity index (χ0) is 56.3. The number of thioether (sulfide) groups is 2. The average molecular weight is 1110 g/mol. The highest BCUT2D eigenvalue weighted by Crippen LogP contribution is 2.43. The van der Waals surface area contributed by atoms with Crippen molar-refractivity contribution in [1.82, 2.24) is 16.0 Å². The second-order valence-electron chi connectivity index (χ2n) is 17.7. The monoisotopic (exact) mass is 1110 g/mol. The fraction of sp³-hybridized carbons (Fsp3) is 0.705. The van der Waals surface area contributed by atoms with E-state index in [1.165, 1.54) is 27.9 Å². The smallest absolute Gasteiger partial charge is 0.341 e. The van der Waals surface area contributed by atoms with Crippen LogP contribution in [-0.4, -0.2) is 214 Å². The van der Waals surface area contributed by atoms with Crippen LogP contribution in [0.15, 0.2) is 11.3 Å². The molecule has 0 aromatic carbocycles. The summed E-state index contributed by atoms with van der Waals surface area (Å²) in [4.78, 5) is 113. The number of carboxylic acids is 3. The molecule has 2 aliphatic heterocycles. The molecule has 16 atom stereocenters. The number of methoxy groups -OCH3 is 1. The molecule has 3 rings (SSSR count). The molecule has 1 aliphatic carbocycles. The van der Waals surface area contributed by atoms with E-state index >= 15 is 0 Å². The minimum Gasteiger partial charge on any atom is -0.508 e. The predicted octanol–water partition coefficient (Wildman–Crippen LogP) is -1.27. The number of hydrogen-bond donors (Lipinski definition) is 11. The third-order valence-electron chi connectivity index (χ3n) is 12.4. The summed E-state index contributed by atoms with van der Waals surface area (Å²) >= 11 is 6.91. The maximum absolute atomic E-state index is 14.8. The number of carbonyl (C=O) groups is 9. The highest BCUT2D eigenvalue weighted by molar-refractivity contribution is 8.23. The van der Waals surface area contributed by atoms with Crippen LogP contribution in [0.2, 0.25) is 0 Å². The Labute approximate surface area is 437 Å². The highest BCUT2D eigenvalue weighted by Gasteiger charge is 2.62. The van der Waals surface area contributed by atoms with Crippen LogP contribution in [0.25, 0.3) is 0 Å². The van der Waals surface area contributed by atoms with Gasteiger partial charge in [-0.2, -0.15) is 11.8 Å². The third kappa shape index (κ3) is 15.5. The highest BCUT2D eigenvalue weighted by atomic mass is 32.2. The number of ether oxygens (including phenoxy) is 7. The van der Waals surface area contributed by atoms with E-state index in [9.17, 15) is 78.9 Å². The minimum absolute atomic E-state index is 0.269. The summed E-state index contributed by atoms with van der Waals surface area (Å²) in [6.07, 6.45) is -17.7. The topological polar surface area (TPSA) is 420 Å². The van der Waals surface area contributed by atoms with Crippen LogP contribution >= 0.6 is 35.7 Å². The summed E-state index contributed by atoms with van der Waals surface area (Å²) in [5.41, 5.74) is -7.85. The number of rotatable bonds is 24.